The molecular formula is C5H10N4O2. The maximum Gasteiger partial charge on any atom is 0.249 e. The lowest BCUT2D eigenvalue weighted by molar-refractivity contribution is -0.137. The molecule has 5 N–H and O–H groups in total. The molecule has 0 aromatic carbocycles. The minimum atomic E-state index is -0.690. The van der Waals surface area contributed by atoms with Gasteiger partial charge >= 0.3 is 0 Å². The molecular weight excluding hydrogens is 148 g/mol. The van der Waals surface area contributed by atoms with E-state index in [1.54, 1.807) is 0 Å². The first-order chi connectivity index (χ1) is 5.16. The standard InChI is InChI=1S/C5H10N4O2/c6-8-4(10)3-1-2-9(7)5(3)11/h3H,1-2,6-7H2,(H,8,10). The molecule has 2 amide bonds. The molecule has 1 atom stereocenters. The Bertz CT molecular complexity index is 193. The van der Waals surface area contributed by atoms with E-state index in [0.29, 0.717) is 13.0 Å². The van der Waals surface area contributed by atoms with Crippen molar-refractivity contribution >= 4 is 11.8 Å². The fourth-order valence-electron chi connectivity index (χ4n) is 1.05. The van der Waals surface area contributed by atoms with Gasteiger partial charge in [-0.1, -0.05) is 0 Å². The zero-order chi connectivity index (χ0) is 8.43. The number of hydrogen-bond acceptors (Lipinski definition) is 4. The summed E-state index contributed by atoms with van der Waals surface area (Å²) in [7, 11) is 0. The van der Waals surface area contributed by atoms with E-state index >= 15 is 0 Å². The minimum Gasteiger partial charge on any atom is -0.294 e. The summed E-state index contributed by atoms with van der Waals surface area (Å²) < 4.78 is 0. The molecule has 11 heavy (non-hydrogen) atoms. The molecule has 62 valence electrons. The molecule has 0 aromatic rings. The number of carbonyl (C=O) groups excluding carboxylic acids is 2. The average molecular weight is 158 g/mol. The SMILES string of the molecule is NNC(=O)C1CCN(N)C1=O. The van der Waals surface area contributed by atoms with Crippen molar-refractivity contribution in [2.24, 2.45) is 17.6 Å². The summed E-state index contributed by atoms with van der Waals surface area (Å²) in [5.74, 6) is 8.55. The van der Waals surface area contributed by atoms with E-state index in [1.807, 2.05) is 5.43 Å². The van der Waals surface area contributed by atoms with Crippen LogP contribution in [0.5, 0.6) is 0 Å². The zero-order valence-electron chi connectivity index (χ0n) is 5.91. The van der Waals surface area contributed by atoms with E-state index < -0.39 is 11.8 Å². The van der Waals surface area contributed by atoms with Crippen molar-refractivity contribution in [3.8, 4) is 0 Å². The molecule has 0 bridgehead atoms. The number of nitrogens with two attached hydrogens (primary N) is 2. The van der Waals surface area contributed by atoms with Gasteiger partial charge in [0.25, 0.3) is 0 Å². The van der Waals surface area contributed by atoms with Gasteiger partial charge in [-0.25, -0.2) is 11.7 Å². The Kier molecular flexibility index (Phi) is 2.06. The van der Waals surface area contributed by atoms with Crippen molar-refractivity contribution in [1.82, 2.24) is 10.4 Å². The predicted octanol–water partition coefficient (Wildman–Crippen LogP) is -2.30. The molecule has 1 aliphatic heterocycles. The normalized spacial score (nSPS) is 24.0. The Balaban J connectivity index is 2.62. The van der Waals surface area contributed by atoms with Gasteiger partial charge in [0, 0.05) is 6.54 Å². The lowest BCUT2D eigenvalue weighted by atomic mass is 10.1. The number of amides is 2. The number of rotatable bonds is 1. The van der Waals surface area contributed by atoms with Gasteiger partial charge in [-0.2, -0.15) is 0 Å². The molecule has 1 saturated heterocycles. The molecule has 1 unspecified atom stereocenters. The first-order valence-corrected chi connectivity index (χ1v) is 3.23. The Labute approximate surface area is 63.4 Å². The summed E-state index contributed by atoms with van der Waals surface area (Å²) in [5, 5.41) is 1.03. The summed E-state index contributed by atoms with van der Waals surface area (Å²) >= 11 is 0. The van der Waals surface area contributed by atoms with E-state index in [4.69, 9.17) is 11.7 Å². The van der Waals surface area contributed by atoms with Crippen LogP contribution < -0.4 is 17.1 Å². The van der Waals surface area contributed by atoms with Crippen LogP contribution in [0.2, 0.25) is 0 Å². The van der Waals surface area contributed by atoms with Crippen LogP contribution in [-0.4, -0.2) is 23.4 Å². The smallest absolute Gasteiger partial charge is 0.249 e. The Hall–Kier alpha value is -1.14. The van der Waals surface area contributed by atoms with Gasteiger partial charge in [-0.05, 0) is 6.42 Å². The summed E-state index contributed by atoms with van der Waals surface area (Å²) in [6.07, 6.45) is 0.443. The molecule has 1 aliphatic rings. The molecule has 0 saturated carbocycles. The van der Waals surface area contributed by atoms with Crippen molar-refractivity contribution < 1.29 is 9.59 Å². The third kappa shape index (κ3) is 1.31. The molecule has 0 radical (unpaired) electrons. The first kappa shape index (κ1) is 7.96. The fourth-order valence-corrected chi connectivity index (χ4v) is 1.05. The third-order valence-corrected chi connectivity index (χ3v) is 1.70. The number of nitrogens with zero attached hydrogens (tertiary/aromatic N) is 1. The van der Waals surface area contributed by atoms with Crippen LogP contribution in [0, 0.1) is 5.92 Å². The second-order valence-electron chi connectivity index (χ2n) is 2.38. The second-order valence-corrected chi connectivity index (χ2v) is 2.38. The summed E-state index contributed by atoms with van der Waals surface area (Å²) in [6.45, 7) is 0.414. The molecule has 0 aromatic heterocycles. The summed E-state index contributed by atoms with van der Waals surface area (Å²) in [6, 6.07) is 0. The quantitative estimate of drug-likeness (QED) is 0.173. The minimum absolute atomic E-state index is 0.368. The average Bonchev–Trinajstić information content (AvgIpc) is 2.32. The van der Waals surface area contributed by atoms with Crippen molar-refractivity contribution in [2.45, 2.75) is 6.42 Å². The Morgan fingerprint density at radius 2 is 2.36 bits per heavy atom. The first-order valence-electron chi connectivity index (χ1n) is 3.23. The van der Waals surface area contributed by atoms with E-state index in [9.17, 15) is 9.59 Å². The Morgan fingerprint density at radius 3 is 2.73 bits per heavy atom. The fraction of sp³-hybridized carbons (Fsp3) is 0.600. The molecule has 1 heterocycles. The van der Waals surface area contributed by atoms with Crippen molar-refractivity contribution in [2.75, 3.05) is 6.54 Å². The maximum absolute atomic E-state index is 11.0. The maximum atomic E-state index is 11.0. The van der Waals surface area contributed by atoms with Crippen LogP contribution in [0.3, 0.4) is 0 Å². The Morgan fingerprint density at radius 1 is 1.73 bits per heavy atom. The van der Waals surface area contributed by atoms with Crippen molar-refractivity contribution in [3.05, 3.63) is 0 Å². The number of nitrogens with one attached hydrogen (secondary N) is 1. The van der Waals surface area contributed by atoms with E-state index in [1.165, 1.54) is 0 Å². The number of carbonyl (C=O) groups is 2. The second kappa shape index (κ2) is 2.85. The molecule has 0 spiro atoms. The highest BCUT2D eigenvalue weighted by atomic mass is 16.2. The third-order valence-electron chi connectivity index (χ3n) is 1.70. The number of hydrazine groups is 2. The van der Waals surface area contributed by atoms with Crippen LogP contribution in [0.1, 0.15) is 6.42 Å². The molecule has 6 heteroatoms. The van der Waals surface area contributed by atoms with Gasteiger partial charge in [0.1, 0.15) is 5.92 Å². The van der Waals surface area contributed by atoms with E-state index in [2.05, 4.69) is 0 Å². The van der Waals surface area contributed by atoms with Crippen molar-refractivity contribution in [3.63, 3.8) is 0 Å². The van der Waals surface area contributed by atoms with Gasteiger partial charge in [-0.3, -0.25) is 20.0 Å². The zero-order valence-corrected chi connectivity index (χ0v) is 5.91. The van der Waals surface area contributed by atoms with Gasteiger partial charge in [0.2, 0.25) is 11.8 Å². The van der Waals surface area contributed by atoms with E-state index in [0.717, 1.165) is 5.01 Å². The molecule has 1 fully saturated rings. The highest BCUT2D eigenvalue weighted by Crippen LogP contribution is 2.14. The molecule has 0 aliphatic carbocycles. The highest BCUT2D eigenvalue weighted by molar-refractivity contribution is 6.01. The van der Waals surface area contributed by atoms with Gasteiger partial charge in [0.05, 0.1) is 0 Å². The molecule has 6 nitrogen and oxygen atoms in total. The van der Waals surface area contributed by atoms with Crippen LogP contribution in [-0.2, 0) is 9.59 Å². The van der Waals surface area contributed by atoms with E-state index in [-0.39, 0.29) is 5.91 Å². The number of hydrogen-bond donors (Lipinski definition) is 3. The van der Waals surface area contributed by atoms with Gasteiger partial charge in [0.15, 0.2) is 0 Å². The van der Waals surface area contributed by atoms with Crippen LogP contribution in [0.4, 0.5) is 0 Å². The van der Waals surface area contributed by atoms with Crippen LogP contribution >= 0.6 is 0 Å². The van der Waals surface area contributed by atoms with Crippen LogP contribution in [0.15, 0.2) is 0 Å². The lowest BCUT2D eigenvalue weighted by Gasteiger charge is -2.07. The van der Waals surface area contributed by atoms with Gasteiger partial charge in [-0.15, -0.1) is 0 Å². The summed E-state index contributed by atoms with van der Waals surface area (Å²) in [5.41, 5.74) is 1.92. The highest BCUT2D eigenvalue weighted by Gasteiger charge is 2.34. The van der Waals surface area contributed by atoms with Crippen LogP contribution in [0.25, 0.3) is 0 Å². The largest absolute Gasteiger partial charge is 0.294 e. The van der Waals surface area contributed by atoms with Crippen molar-refractivity contribution in [1.29, 1.82) is 0 Å². The topological polar surface area (TPSA) is 101 Å². The predicted molar refractivity (Wildman–Crippen MR) is 36.3 cm³/mol. The monoisotopic (exact) mass is 158 g/mol. The summed E-state index contributed by atoms with van der Waals surface area (Å²) in [4.78, 5) is 21.8. The molecule has 1 rings (SSSR count). The van der Waals surface area contributed by atoms with Gasteiger partial charge < -0.3 is 0 Å². The lowest BCUT2D eigenvalue weighted by Crippen LogP contribution is -2.41.